The number of carbonyl (C=O) groups excluding carboxylic acids is 1. The van der Waals surface area contributed by atoms with E-state index in [2.05, 4.69) is 5.32 Å². The fourth-order valence-corrected chi connectivity index (χ4v) is 2.11. The van der Waals surface area contributed by atoms with Crippen LogP contribution in [0.3, 0.4) is 0 Å². The maximum absolute atomic E-state index is 10.0. The average molecular weight is 321 g/mol. The molecule has 0 saturated carbocycles. The van der Waals surface area contributed by atoms with Crippen LogP contribution < -0.4 is 8.39 Å². The van der Waals surface area contributed by atoms with Crippen molar-refractivity contribution >= 4 is 15.2 Å². The van der Waals surface area contributed by atoms with Crippen molar-refractivity contribution in [2.24, 2.45) is 0 Å². The number of rotatable bonds is 2. The van der Waals surface area contributed by atoms with E-state index in [4.69, 9.17) is 0 Å². The zero-order valence-electron chi connectivity index (χ0n) is 5.50. The molecule has 1 amide bonds. The Labute approximate surface area is 75.6 Å². The molecule has 0 aromatic heterocycles. The van der Waals surface area contributed by atoms with Crippen LogP contribution in [-0.4, -0.2) is 6.41 Å². The molecule has 3 heteroatoms. The Bertz CT molecular complexity index is 237. The van der Waals surface area contributed by atoms with Crippen molar-refractivity contribution in [1.82, 2.24) is 0 Å². The second-order valence-electron chi connectivity index (χ2n) is 1.92. The zero-order valence-corrected chi connectivity index (χ0v) is 11.0. The standard InChI is InChI=1S/C7H6NO.Hg/c9-6-8-7-4-2-1-3-5-7;/h1-4,6H,(H,8,9);. The van der Waals surface area contributed by atoms with Gasteiger partial charge in [-0.25, -0.2) is 0 Å². The predicted octanol–water partition coefficient (Wildman–Crippen LogP) is 0.427. The van der Waals surface area contributed by atoms with Crippen LogP contribution in [-0.2, 0) is 30.9 Å². The van der Waals surface area contributed by atoms with Crippen molar-refractivity contribution in [3.05, 3.63) is 24.3 Å². The summed E-state index contributed by atoms with van der Waals surface area (Å²) < 4.78 is 1.27. The van der Waals surface area contributed by atoms with E-state index in [0.29, 0.717) is 32.5 Å². The zero-order chi connectivity index (χ0) is 7.40. The Morgan fingerprint density at radius 3 is 2.70 bits per heavy atom. The average Bonchev–Trinajstić information content (AvgIpc) is 1.94. The molecule has 0 spiro atoms. The van der Waals surface area contributed by atoms with Crippen LogP contribution >= 0.6 is 0 Å². The Hall–Kier alpha value is -0.375. The molecule has 0 aliphatic heterocycles. The van der Waals surface area contributed by atoms with Gasteiger partial charge in [0.15, 0.2) is 0 Å². The van der Waals surface area contributed by atoms with Gasteiger partial charge < -0.3 is 0 Å². The van der Waals surface area contributed by atoms with Crippen molar-refractivity contribution in [2.75, 3.05) is 5.32 Å². The molecule has 0 unspecified atom stereocenters. The molecule has 0 bridgehead atoms. The number of hydrogen-bond acceptors (Lipinski definition) is 1. The molecular weight excluding hydrogens is 315 g/mol. The molecular formula is C7H6HgNO. The van der Waals surface area contributed by atoms with E-state index in [-0.39, 0.29) is 0 Å². The molecule has 1 rings (SSSR count). The van der Waals surface area contributed by atoms with E-state index in [1.165, 1.54) is 3.07 Å². The third-order valence-electron chi connectivity index (χ3n) is 1.23. The Balaban J connectivity index is 2.91. The van der Waals surface area contributed by atoms with Crippen molar-refractivity contribution in [1.29, 1.82) is 0 Å². The number of amides is 1. The van der Waals surface area contributed by atoms with Crippen LogP contribution in [0.15, 0.2) is 24.3 Å². The van der Waals surface area contributed by atoms with Crippen molar-refractivity contribution in [2.45, 2.75) is 0 Å². The molecule has 0 heterocycles. The van der Waals surface area contributed by atoms with Crippen molar-refractivity contribution in [3.63, 3.8) is 0 Å². The van der Waals surface area contributed by atoms with E-state index in [1.807, 2.05) is 24.3 Å². The summed E-state index contributed by atoms with van der Waals surface area (Å²) in [5, 5.41) is 2.64. The van der Waals surface area contributed by atoms with E-state index in [9.17, 15) is 4.79 Å². The Kier molecular flexibility index (Phi) is 2.87. The number of para-hydroxylation sites is 1. The number of hydrogen-bond donors (Lipinski definition) is 1. The Morgan fingerprint density at radius 1 is 1.40 bits per heavy atom. The first-order valence-corrected chi connectivity index (χ1v) is 5.70. The molecule has 0 aliphatic rings. The fourth-order valence-electron chi connectivity index (χ4n) is 0.725. The van der Waals surface area contributed by atoms with Gasteiger partial charge in [0.1, 0.15) is 0 Å². The first-order chi connectivity index (χ1) is 4.84. The van der Waals surface area contributed by atoms with Gasteiger partial charge in [0.05, 0.1) is 0 Å². The summed E-state index contributed by atoms with van der Waals surface area (Å²) in [5.74, 6) is 0. The van der Waals surface area contributed by atoms with Gasteiger partial charge in [0.2, 0.25) is 0 Å². The summed E-state index contributed by atoms with van der Waals surface area (Å²) in [7, 11) is 0. The number of anilines is 1. The van der Waals surface area contributed by atoms with Crippen LogP contribution in [0.25, 0.3) is 0 Å². The first kappa shape index (κ1) is 7.73. The first-order valence-electron chi connectivity index (χ1n) is 2.96. The number of carbonyl (C=O) groups is 1. The molecule has 0 fully saturated rings. The summed E-state index contributed by atoms with van der Waals surface area (Å²) in [6.07, 6.45) is 0.714. The van der Waals surface area contributed by atoms with Crippen LogP contribution in [0.5, 0.6) is 0 Å². The Morgan fingerprint density at radius 2 is 2.10 bits per heavy atom. The van der Waals surface area contributed by atoms with E-state index in [1.54, 1.807) is 0 Å². The van der Waals surface area contributed by atoms with E-state index < -0.39 is 0 Å². The predicted molar refractivity (Wildman–Crippen MR) is 35.8 cm³/mol. The van der Waals surface area contributed by atoms with E-state index in [0.717, 1.165) is 5.69 Å². The van der Waals surface area contributed by atoms with Crippen molar-refractivity contribution in [3.8, 4) is 0 Å². The monoisotopic (exact) mass is 322 g/mol. The summed E-state index contributed by atoms with van der Waals surface area (Å²) in [6, 6.07) is 7.85. The summed E-state index contributed by atoms with van der Waals surface area (Å²) in [4.78, 5) is 10.0. The molecule has 47 valence electrons. The van der Waals surface area contributed by atoms with Gasteiger partial charge in [-0.05, 0) is 0 Å². The minimum absolute atomic E-state index is 0.576. The topological polar surface area (TPSA) is 29.1 Å². The minimum atomic E-state index is 0.576. The normalized spacial score (nSPS) is 9.00. The second kappa shape index (κ2) is 3.71. The van der Waals surface area contributed by atoms with Gasteiger partial charge in [-0.1, -0.05) is 0 Å². The number of nitrogens with one attached hydrogen (secondary N) is 1. The van der Waals surface area contributed by atoms with Crippen molar-refractivity contribution < 1.29 is 30.9 Å². The second-order valence-corrected chi connectivity index (χ2v) is 4.88. The third-order valence-corrected chi connectivity index (χ3v) is 3.63. The fraction of sp³-hybridized carbons (Fsp3) is 0. The SMILES string of the molecule is O=CNc1cccc[c]1[Hg]. The molecule has 2 nitrogen and oxygen atoms in total. The van der Waals surface area contributed by atoms with Crippen LogP contribution in [0.4, 0.5) is 5.69 Å². The summed E-state index contributed by atoms with van der Waals surface area (Å²) >= 11 is 0.576. The molecule has 0 aliphatic carbocycles. The van der Waals surface area contributed by atoms with Gasteiger partial charge in [0, 0.05) is 0 Å². The molecule has 1 aromatic carbocycles. The molecule has 0 saturated heterocycles. The molecule has 1 N–H and O–H groups in total. The summed E-state index contributed by atoms with van der Waals surface area (Å²) in [5.41, 5.74) is 0.959. The van der Waals surface area contributed by atoms with Gasteiger partial charge in [-0.15, -0.1) is 0 Å². The third kappa shape index (κ3) is 1.80. The molecule has 0 radical (unpaired) electrons. The van der Waals surface area contributed by atoms with Crippen LogP contribution in [0.2, 0.25) is 0 Å². The number of benzene rings is 1. The van der Waals surface area contributed by atoms with Gasteiger partial charge >= 0.3 is 75.7 Å². The maximum atomic E-state index is 10.0. The molecule has 0 atom stereocenters. The van der Waals surface area contributed by atoms with E-state index >= 15 is 0 Å². The van der Waals surface area contributed by atoms with Gasteiger partial charge in [-0.3, -0.25) is 0 Å². The molecule has 10 heavy (non-hydrogen) atoms. The molecule has 1 aromatic rings. The quantitative estimate of drug-likeness (QED) is 0.621. The van der Waals surface area contributed by atoms with Gasteiger partial charge in [-0.2, -0.15) is 0 Å². The van der Waals surface area contributed by atoms with Gasteiger partial charge in [0.25, 0.3) is 0 Å². The van der Waals surface area contributed by atoms with Crippen LogP contribution in [0, 0.1) is 0 Å². The summed E-state index contributed by atoms with van der Waals surface area (Å²) in [6.45, 7) is 0. The van der Waals surface area contributed by atoms with Crippen LogP contribution in [0.1, 0.15) is 0 Å².